The molecule has 1 heterocycles. The van der Waals surface area contributed by atoms with Gasteiger partial charge in [-0.2, -0.15) is 0 Å². The minimum Gasteiger partial charge on any atom is -0.372 e. The number of amides is 2. The minimum atomic E-state index is -0.504. The van der Waals surface area contributed by atoms with Gasteiger partial charge in [-0.05, 0) is 18.6 Å². The van der Waals surface area contributed by atoms with Crippen molar-refractivity contribution in [2.45, 2.75) is 38.6 Å². The first-order valence-corrected chi connectivity index (χ1v) is 7.14. The van der Waals surface area contributed by atoms with Gasteiger partial charge in [0.1, 0.15) is 6.04 Å². The lowest BCUT2D eigenvalue weighted by molar-refractivity contribution is -0.125. The first-order chi connectivity index (χ1) is 9.70. The molecule has 2 rings (SSSR count). The van der Waals surface area contributed by atoms with E-state index in [-0.39, 0.29) is 18.2 Å². The summed E-state index contributed by atoms with van der Waals surface area (Å²) in [7, 11) is 0. The molecule has 0 spiro atoms. The van der Waals surface area contributed by atoms with Crippen molar-refractivity contribution in [3.05, 3.63) is 24.3 Å². The van der Waals surface area contributed by atoms with Gasteiger partial charge in [-0.1, -0.05) is 31.9 Å². The molecule has 1 atom stereocenters. The van der Waals surface area contributed by atoms with Gasteiger partial charge in [0.25, 0.3) is 0 Å². The number of hydrogen-bond acceptors (Lipinski definition) is 3. The number of hydrogen-bond donors (Lipinski definition) is 3. The summed E-state index contributed by atoms with van der Waals surface area (Å²) in [5, 5.41) is 8.77. The highest BCUT2D eigenvalue weighted by atomic mass is 16.2. The van der Waals surface area contributed by atoms with Crippen molar-refractivity contribution in [2.24, 2.45) is 0 Å². The van der Waals surface area contributed by atoms with Crippen LogP contribution in [0, 0.1) is 0 Å². The predicted octanol–water partition coefficient (Wildman–Crippen LogP) is 2.12. The van der Waals surface area contributed by atoms with E-state index in [1.54, 1.807) is 0 Å². The van der Waals surface area contributed by atoms with Crippen molar-refractivity contribution in [3.63, 3.8) is 0 Å². The van der Waals surface area contributed by atoms with Crippen LogP contribution in [0.2, 0.25) is 0 Å². The number of anilines is 2. The molecule has 0 aromatic heterocycles. The van der Waals surface area contributed by atoms with Crippen LogP contribution in [-0.2, 0) is 9.59 Å². The Bertz CT molecular complexity index is 488. The van der Waals surface area contributed by atoms with Gasteiger partial charge in [-0.25, -0.2) is 0 Å². The molecule has 0 radical (unpaired) electrons. The molecule has 1 aromatic carbocycles. The normalized spacial score (nSPS) is 16.9. The van der Waals surface area contributed by atoms with Crippen molar-refractivity contribution < 1.29 is 9.59 Å². The lowest BCUT2D eigenvalue weighted by Gasteiger charge is -2.26. The maximum absolute atomic E-state index is 11.9. The van der Waals surface area contributed by atoms with Gasteiger partial charge in [0.15, 0.2) is 0 Å². The first-order valence-electron chi connectivity index (χ1n) is 7.14. The highest BCUT2D eigenvalue weighted by Crippen LogP contribution is 2.26. The highest BCUT2D eigenvalue weighted by molar-refractivity contribution is 6.04. The van der Waals surface area contributed by atoms with E-state index in [1.165, 1.54) is 0 Å². The number of benzene rings is 1. The van der Waals surface area contributed by atoms with E-state index < -0.39 is 6.04 Å². The standard InChI is InChI=1S/C15H21N3O2/c1-2-3-6-9-16-14(19)10-13-15(20)18-12-8-5-4-7-11(12)17-13/h4-5,7-8,13,17H,2-3,6,9-10H2,1H3,(H,16,19)(H,18,20). The SMILES string of the molecule is CCCCCNC(=O)CC1Nc2ccccc2NC1=O. The highest BCUT2D eigenvalue weighted by Gasteiger charge is 2.26. The van der Waals surface area contributed by atoms with Crippen LogP contribution in [0.5, 0.6) is 0 Å². The Labute approximate surface area is 119 Å². The third-order valence-electron chi connectivity index (χ3n) is 3.32. The summed E-state index contributed by atoms with van der Waals surface area (Å²) < 4.78 is 0. The second-order valence-corrected chi connectivity index (χ2v) is 4.99. The van der Waals surface area contributed by atoms with E-state index >= 15 is 0 Å². The lowest BCUT2D eigenvalue weighted by atomic mass is 10.1. The van der Waals surface area contributed by atoms with Crippen molar-refractivity contribution in [1.82, 2.24) is 5.32 Å². The fourth-order valence-electron chi connectivity index (χ4n) is 2.20. The summed E-state index contributed by atoms with van der Waals surface area (Å²) in [6.07, 6.45) is 3.37. The zero-order valence-electron chi connectivity index (χ0n) is 11.7. The number of rotatable bonds is 6. The number of unbranched alkanes of at least 4 members (excludes halogenated alkanes) is 2. The minimum absolute atomic E-state index is 0.0897. The summed E-state index contributed by atoms with van der Waals surface area (Å²) in [4.78, 5) is 23.7. The van der Waals surface area contributed by atoms with Crippen LogP contribution in [0.1, 0.15) is 32.6 Å². The Balaban J connectivity index is 1.84. The molecule has 0 bridgehead atoms. The molecule has 5 heteroatoms. The average Bonchev–Trinajstić information content (AvgIpc) is 2.44. The van der Waals surface area contributed by atoms with Crippen LogP contribution in [0.15, 0.2) is 24.3 Å². The zero-order valence-corrected chi connectivity index (χ0v) is 11.7. The van der Waals surface area contributed by atoms with Gasteiger partial charge in [0, 0.05) is 6.54 Å². The van der Waals surface area contributed by atoms with Gasteiger partial charge in [0.2, 0.25) is 11.8 Å². The third-order valence-corrected chi connectivity index (χ3v) is 3.32. The maximum atomic E-state index is 11.9. The molecule has 20 heavy (non-hydrogen) atoms. The van der Waals surface area contributed by atoms with Crippen LogP contribution < -0.4 is 16.0 Å². The molecule has 0 saturated heterocycles. The number of para-hydroxylation sites is 2. The van der Waals surface area contributed by atoms with Gasteiger partial charge >= 0.3 is 0 Å². The zero-order chi connectivity index (χ0) is 14.4. The van der Waals surface area contributed by atoms with E-state index in [4.69, 9.17) is 0 Å². The Morgan fingerprint density at radius 1 is 1.25 bits per heavy atom. The molecule has 0 aliphatic carbocycles. The lowest BCUT2D eigenvalue weighted by Crippen LogP contribution is -2.42. The smallest absolute Gasteiger partial charge is 0.247 e. The molecule has 3 N–H and O–H groups in total. The molecule has 5 nitrogen and oxygen atoms in total. The van der Waals surface area contributed by atoms with Crippen LogP contribution in [-0.4, -0.2) is 24.4 Å². The van der Waals surface area contributed by atoms with E-state index in [1.807, 2.05) is 24.3 Å². The average molecular weight is 275 g/mol. The van der Waals surface area contributed by atoms with Crippen molar-refractivity contribution in [3.8, 4) is 0 Å². The molecule has 1 aliphatic rings. The Morgan fingerprint density at radius 2 is 2.00 bits per heavy atom. The van der Waals surface area contributed by atoms with Crippen LogP contribution in [0.4, 0.5) is 11.4 Å². The Morgan fingerprint density at radius 3 is 2.75 bits per heavy atom. The molecule has 108 valence electrons. The number of carbonyl (C=O) groups is 2. The maximum Gasteiger partial charge on any atom is 0.247 e. The van der Waals surface area contributed by atoms with Crippen LogP contribution in [0.25, 0.3) is 0 Å². The van der Waals surface area contributed by atoms with E-state index in [9.17, 15) is 9.59 Å². The molecule has 0 saturated carbocycles. The van der Waals surface area contributed by atoms with Crippen molar-refractivity contribution in [2.75, 3.05) is 17.2 Å². The van der Waals surface area contributed by atoms with Crippen molar-refractivity contribution >= 4 is 23.2 Å². The van der Waals surface area contributed by atoms with Crippen molar-refractivity contribution in [1.29, 1.82) is 0 Å². The second kappa shape index (κ2) is 6.93. The van der Waals surface area contributed by atoms with Gasteiger partial charge in [-0.15, -0.1) is 0 Å². The summed E-state index contributed by atoms with van der Waals surface area (Å²) in [6, 6.07) is 6.98. The third kappa shape index (κ3) is 3.73. The topological polar surface area (TPSA) is 70.2 Å². The summed E-state index contributed by atoms with van der Waals surface area (Å²) in [5.41, 5.74) is 1.62. The molecule has 1 aromatic rings. The van der Waals surface area contributed by atoms with Gasteiger partial charge in [0.05, 0.1) is 17.8 Å². The summed E-state index contributed by atoms with van der Waals surface area (Å²) in [6.45, 7) is 2.80. The molecular formula is C15H21N3O2. The van der Waals surface area contributed by atoms with Gasteiger partial charge in [-0.3, -0.25) is 9.59 Å². The molecule has 2 amide bonds. The van der Waals surface area contributed by atoms with Crippen LogP contribution in [0.3, 0.4) is 0 Å². The Kier molecular flexibility index (Phi) is 4.98. The second-order valence-electron chi connectivity index (χ2n) is 4.99. The fraction of sp³-hybridized carbons (Fsp3) is 0.467. The van der Waals surface area contributed by atoms with E-state index in [2.05, 4.69) is 22.9 Å². The molecule has 1 aliphatic heterocycles. The molecular weight excluding hydrogens is 254 g/mol. The predicted molar refractivity (Wildman–Crippen MR) is 79.6 cm³/mol. The number of carbonyl (C=O) groups excluding carboxylic acids is 2. The Hall–Kier alpha value is -2.04. The first kappa shape index (κ1) is 14.4. The van der Waals surface area contributed by atoms with Crippen LogP contribution >= 0.6 is 0 Å². The number of fused-ring (bicyclic) bond motifs is 1. The summed E-state index contributed by atoms with van der Waals surface area (Å²) >= 11 is 0. The quantitative estimate of drug-likeness (QED) is 0.696. The van der Waals surface area contributed by atoms with E-state index in [0.717, 1.165) is 30.6 Å². The summed E-state index contributed by atoms with van der Waals surface area (Å²) in [5.74, 6) is -0.249. The largest absolute Gasteiger partial charge is 0.372 e. The molecule has 1 unspecified atom stereocenters. The number of nitrogens with one attached hydrogen (secondary N) is 3. The van der Waals surface area contributed by atoms with Gasteiger partial charge < -0.3 is 16.0 Å². The molecule has 0 fully saturated rings. The monoisotopic (exact) mass is 275 g/mol. The van der Waals surface area contributed by atoms with E-state index in [0.29, 0.717) is 6.54 Å². The fourth-order valence-corrected chi connectivity index (χ4v) is 2.20.